The van der Waals surface area contributed by atoms with Gasteiger partial charge in [0.05, 0.1) is 0 Å². The van der Waals surface area contributed by atoms with E-state index in [1.54, 1.807) is 6.92 Å². The van der Waals surface area contributed by atoms with Crippen LogP contribution >= 0.6 is 0 Å². The van der Waals surface area contributed by atoms with Crippen LogP contribution in [-0.2, 0) is 0 Å². The Morgan fingerprint density at radius 3 is 1.69 bits per heavy atom. The predicted molar refractivity (Wildman–Crippen MR) is 49.3 cm³/mol. The van der Waals surface area contributed by atoms with Gasteiger partial charge in [0.1, 0.15) is 5.69 Å². The van der Waals surface area contributed by atoms with Gasteiger partial charge in [0.15, 0.2) is 23.3 Å². The maximum absolute atomic E-state index is 13.1. The summed E-state index contributed by atoms with van der Waals surface area (Å²) < 4.78 is 64.2. The maximum Gasteiger partial charge on any atom is 0.200 e. The fraction of sp³-hybridized carbons (Fsp3) is 0.200. The van der Waals surface area contributed by atoms with Gasteiger partial charge in [-0.25, -0.2) is 22.0 Å². The fourth-order valence-electron chi connectivity index (χ4n) is 0.980. The van der Waals surface area contributed by atoms with Gasteiger partial charge < -0.3 is 5.32 Å². The molecule has 0 amide bonds. The van der Waals surface area contributed by atoms with E-state index in [1.165, 1.54) is 0 Å². The molecule has 0 heterocycles. The third kappa shape index (κ3) is 2.00. The van der Waals surface area contributed by atoms with Crippen molar-refractivity contribution >= 4 is 5.69 Å². The zero-order valence-corrected chi connectivity index (χ0v) is 8.30. The Morgan fingerprint density at radius 1 is 0.938 bits per heavy atom. The zero-order chi connectivity index (χ0) is 12.5. The van der Waals surface area contributed by atoms with Crippen molar-refractivity contribution in [2.75, 3.05) is 5.32 Å². The monoisotopic (exact) mass is 237 g/mol. The zero-order valence-electron chi connectivity index (χ0n) is 8.30. The number of rotatable bonds is 3. The van der Waals surface area contributed by atoms with Gasteiger partial charge in [-0.05, 0) is 6.42 Å². The van der Waals surface area contributed by atoms with Crippen LogP contribution in [0.5, 0.6) is 0 Å². The third-order valence-electron chi connectivity index (χ3n) is 1.94. The van der Waals surface area contributed by atoms with E-state index in [0.717, 1.165) is 0 Å². The average molecular weight is 237 g/mol. The van der Waals surface area contributed by atoms with E-state index in [1.807, 2.05) is 5.32 Å². The highest BCUT2D eigenvalue weighted by atomic mass is 19.2. The minimum absolute atomic E-state index is 0.142. The molecule has 1 rings (SSSR count). The van der Waals surface area contributed by atoms with Crippen molar-refractivity contribution < 1.29 is 22.0 Å². The molecule has 0 radical (unpaired) electrons. The number of hydrogen-bond acceptors (Lipinski definition) is 1. The van der Waals surface area contributed by atoms with Crippen molar-refractivity contribution in [3.05, 3.63) is 41.4 Å². The van der Waals surface area contributed by atoms with Gasteiger partial charge in [0.25, 0.3) is 0 Å². The SMILES string of the molecule is C=C(CC)Nc1c(F)c(F)c(F)c(F)c1F. The number of hydrogen-bond donors (Lipinski definition) is 1. The number of allylic oxidation sites excluding steroid dienone is 1. The van der Waals surface area contributed by atoms with E-state index in [0.29, 0.717) is 6.42 Å². The molecule has 0 spiro atoms. The summed E-state index contributed by atoms with van der Waals surface area (Å²) in [6.07, 6.45) is 0.291. The molecule has 0 bridgehead atoms. The van der Waals surface area contributed by atoms with E-state index in [9.17, 15) is 22.0 Å². The molecule has 0 atom stereocenters. The summed E-state index contributed by atoms with van der Waals surface area (Å²) in [5, 5.41) is 2.05. The van der Waals surface area contributed by atoms with Crippen molar-refractivity contribution in [2.45, 2.75) is 13.3 Å². The first-order chi connectivity index (χ1) is 7.40. The quantitative estimate of drug-likeness (QED) is 0.480. The Morgan fingerprint density at radius 2 is 1.31 bits per heavy atom. The van der Waals surface area contributed by atoms with Gasteiger partial charge in [-0.1, -0.05) is 13.5 Å². The third-order valence-corrected chi connectivity index (χ3v) is 1.94. The predicted octanol–water partition coefficient (Wildman–Crippen LogP) is 3.72. The largest absolute Gasteiger partial charge is 0.355 e. The maximum atomic E-state index is 13.1. The van der Waals surface area contributed by atoms with E-state index >= 15 is 0 Å². The van der Waals surface area contributed by atoms with Gasteiger partial charge >= 0.3 is 0 Å². The molecule has 0 fully saturated rings. The molecule has 1 aromatic carbocycles. The molecule has 0 aliphatic carbocycles. The van der Waals surface area contributed by atoms with Gasteiger partial charge in [0.2, 0.25) is 5.82 Å². The van der Waals surface area contributed by atoms with Crippen LogP contribution in [0.3, 0.4) is 0 Å². The number of benzene rings is 1. The van der Waals surface area contributed by atoms with Crippen molar-refractivity contribution in [3.63, 3.8) is 0 Å². The van der Waals surface area contributed by atoms with E-state index in [4.69, 9.17) is 0 Å². The second kappa shape index (κ2) is 4.51. The van der Waals surface area contributed by atoms with Crippen molar-refractivity contribution in [3.8, 4) is 0 Å². The standard InChI is InChI=1S/C10H8F5N/c1-3-4(2)16-10-8(14)6(12)5(11)7(13)9(10)15/h16H,2-3H2,1H3. The minimum Gasteiger partial charge on any atom is -0.355 e. The molecule has 0 aliphatic rings. The normalized spacial score (nSPS) is 10.4. The molecule has 0 aromatic heterocycles. The highest BCUT2D eigenvalue weighted by Gasteiger charge is 2.25. The summed E-state index contributed by atoms with van der Waals surface area (Å²) in [4.78, 5) is 0. The summed E-state index contributed by atoms with van der Waals surface area (Å²) >= 11 is 0. The molecular weight excluding hydrogens is 229 g/mol. The number of nitrogens with one attached hydrogen (secondary N) is 1. The van der Waals surface area contributed by atoms with Crippen molar-refractivity contribution in [2.24, 2.45) is 0 Å². The van der Waals surface area contributed by atoms with Crippen LogP contribution in [0, 0.1) is 29.1 Å². The Labute approximate surface area is 88.6 Å². The summed E-state index contributed by atoms with van der Waals surface area (Å²) in [6.45, 7) is 4.96. The minimum atomic E-state index is -2.18. The van der Waals surface area contributed by atoms with Crippen LogP contribution < -0.4 is 5.32 Å². The Bertz CT molecular complexity index is 412. The van der Waals surface area contributed by atoms with Crippen molar-refractivity contribution in [1.82, 2.24) is 0 Å². The van der Waals surface area contributed by atoms with Gasteiger partial charge in [-0.3, -0.25) is 0 Å². The van der Waals surface area contributed by atoms with Gasteiger partial charge in [-0.15, -0.1) is 0 Å². The second-order valence-corrected chi connectivity index (χ2v) is 3.03. The lowest BCUT2D eigenvalue weighted by atomic mass is 10.2. The first-order valence-electron chi connectivity index (χ1n) is 4.36. The van der Waals surface area contributed by atoms with Crippen LogP contribution in [-0.4, -0.2) is 0 Å². The Balaban J connectivity index is 3.34. The molecule has 0 aliphatic heterocycles. The number of anilines is 1. The average Bonchev–Trinajstić information content (AvgIpc) is 2.29. The van der Waals surface area contributed by atoms with E-state index in [-0.39, 0.29) is 5.70 Å². The molecule has 1 nitrogen and oxygen atoms in total. The molecule has 6 heteroatoms. The van der Waals surface area contributed by atoms with Crippen LogP contribution in [0.25, 0.3) is 0 Å². The highest BCUT2D eigenvalue weighted by molar-refractivity contribution is 5.51. The molecule has 1 aromatic rings. The first kappa shape index (κ1) is 12.5. The lowest BCUT2D eigenvalue weighted by Gasteiger charge is -2.11. The van der Waals surface area contributed by atoms with Crippen LogP contribution in [0.1, 0.15) is 13.3 Å². The van der Waals surface area contributed by atoms with Crippen LogP contribution in [0.4, 0.5) is 27.6 Å². The molecule has 88 valence electrons. The summed E-state index contributed by atoms with van der Waals surface area (Å²) in [7, 11) is 0. The van der Waals surface area contributed by atoms with Crippen LogP contribution in [0.15, 0.2) is 12.3 Å². The van der Waals surface area contributed by atoms with Crippen molar-refractivity contribution in [1.29, 1.82) is 0 Å². The van der Waals surface area contributed by atoms with E-state index in [2.05, 4.69) is 6.58 Å². The lowest BCUT2D eigenvalue weighted by Crippen LogP contribution is -2.08. The highest BCUT2D eigenvalue weighted by Crippen LogP contribution is 2.28. The summed E-state index contributed by atoms with van der Waals surface area (Å²) in [6, 6.07) is 0. The van der Waals surface area contributed by atoms with Crippen LogP contribution in [0.2, 0.25) is 0 Å². The van der Waals surface area contributed by atoms with Gasteiger partial charge in [0, 0.05) is 5.70 Å². The molecular formula is C10H8F5N. The Kier molecular flexibility index (Phi) is 3.51. The second-order valence-electron chi connectivity index (χ2n) is 3.03. The summed E-state index contributed by atoms with van der Waals surface area (Å²) in [5.41, 5.74) is -0.938. The first-order valence-corrected chi connectivity index (χ1v) is 4.36. The molecule has 0 saturated heterocycles. The summed E-state index contributed by atoms with van der Waals surface area (Å²) in [5.74, 6) is -9.93. The molecule has 16 heavy (non-hydrogen) atoms. The smallest absolute Gasteiger partial charge is 0.200 e. The van der Waals surface area contributed by atoms with Gasteiger partial charge in [-0.2, -0.15) is 0 Å². The molecule has 0 saturated carbocycles. The lowest BCUT2D eigenvalue weighted by molar-refractivity contribution is 0.381. The fourth-order valence-corrected chi connectivity index (χ4v) is 0.980. The Hall–Kier alpha value is -1.59. The molecule has 1 N–H and O–H groups in total. The molecule has 0 unspecified atom stereocenters. The number of halogens is 5. The van der Waals surface area contributed by atoms with E-state index < -0.39 is 34.8 Å². The topological polar surface area (TPSA) is 12.0 Å².